The first-order chi connectivity index (χ1) is 17.2. The number of carbonyl (C=O) groups excluding carboxylic acids is 2. The van der Waals surface area contributed by atoms with Gasteiger partial charge >= 0.3 is 12.0 Å². The Kier molecular flexibility index (Phi) is 17.8. The predicted octanol–water partition coefficient (Wildman–Crippen LogP) is 3.58. The van der Waals surface area contributed by atoms with Crippen molar-refractivity contribution in [3.8, 4) is 0 Å². The Bertz CT molecular complexity index is 915. The van der Waals surface area contributed by atoms with Crippen LogP contribution in [-0.2, 0) is 27.1 Å². The van der Waals surface area contributed by atoms with E-state index in [9.17, 15) is 13.8 Å². The van der Waals surface area contributed by atoms with E-state index in [-0.39, 0.29) is 30.2 Å². The lowest BCUT2D eigenvalue weighted by atomic mass is 10.2. The molecule has 36 heavy (non-hydrogen) atoms. The quantitative estimate of drug-likeness (QED) is 0.397. The van der Waals surface area contributed by atoms with Crippen molar-refractivity contribution >= 4 is 41.2 Å². The van der Waals surface area contributed by atoms with Crippen molar-refractivity contribution in [2.45, 2.75) is 50.3 Å². The molecule has 3 rings (SSSR count). The summed E-state index contributed by atoms with van der Waals surface area (Å²) in [7, 11) is -0.993. The van der Waals surface area contributed by atoms with Crippen LogP contribution in [0.4, 0.5) is 4.79 Å². The van der Waals surface area contributed by atoms with Crippen LogP contribution < -0.4 is 16.4 Å². The normalized spacial score (nSPS) is 14.2. The van der Waals surface area contributed by atoms with Gasteiger partial charge in [-0.3, -0.25) is 9.59 Å². The molecule has 11 heteroatoms. The first-order valence-electron chi connectivity index (χ1n) is 11.5. The Hall–Kier alpha value is -2.89. The molecular weight excluding hydrogens is 500 g/mol. The SMILES string of the molecule is CC.CC1(C)CN(S(=O)c2ccccc2)CS1.NC=O.O=C(O)CCNC(=O)NCc1ccccc1. The van der Waals surface area contributed by atoms with Crippen LogP contribution in [0.25, 0.3) is 0 Å². The number of hydrogen-bond donors (Lipinski definition) is 4. The summed E-state index contributed by atoms with van der Waals surface area (Å²) in [5.74, 6) is -0.0718. The summed E-state index contributed by atoms with van der Waals surface area (Å²) in [5, 5.41) is 13.4. The van der Waals surface area contributed by atoms with Gasteiger partial charge in [-0.15, -0.1) is 11.8 Å². The number of carboxylic acid groups (broad SMARTS) is 1. The van der Waals surface area contributed by atoms with Gasteiger partial charge in [0, 0.05) is 24.4 Å². The third-order valence-corrected chi connectivity index (χ3v) is 7.17. The number of rotatable bonds is 7. The van der Waals surface area contributed by atoms with Gasteiger partial charge in [-0.2, -0.15) is 0 Å². The van der Waals surface area contributed by atoms with E-state index >= 15 is 0 Å². The average molecular weight is 539 g/mol. The lowest BCUT2D eigenvalue weighted by Crippen LogP contribution is -2.36. The molecule has 1 aliphatic heterocycles. The first-order valence-corrected chi connectivity index (χ1v) is 13.6. The number of nitrogens with one attached hydrogen (secondary N) is 2. The number of thioether (sulfide) groups is 1. The summed E-state index contributed by atoms with van der Waals surface area (Å²) in [6.45, 7) is 9.84. The molecule has 5 N–H and O–H groups in total. The first kappa shape index (κ1) is 33.1. The molecule has 0 aliphatic carbocycles. The zero-order valence-corrected chi connectivity index (χ0v) is 22.9. The molecule has 1 aliphatic rings. The second-order valence-corrected chi connectivity index (χ2v) is 10.7. The Morgan fingerprint density at radius 1 is 1.08 bits per heavy atom. The molecule has 0 saturated carbocycles. The molecule has 0 bridgehead atoms. The fraction of sp³-hybridized carbons (Fsp3) is 0.400. The molecule has 1 fully saturated rings. The van der Waals surface area contributed by atoms with Gasteiger partial charge in [0.15, 0.2) is 0 Å². The lowest BCUT2D eigenvalue weighted by molar-refractivity contribution is -0.136. The maximum Gasteiger partial charge on any atom is 0.315 e. The van der Waals surface area contributed by atoms with E-state index in [2.05, 4.69) is 30.2 Å². The number of amides is 3. The average Bonchev–Trinajstić information content (AvgIpc) is 3.25. The van der Waals surface area contributed by atoms with Crippen LogP contribution in [-0.4, -0.2) is 55.7 Å². The highest BCUT2D eigenvalue weighted by atomic mass is 32.2. The minimum absolute atomic E-state index is 0.0707. The third kappa shape index (κ3) is 15.2. The summed E-state index contributed by atoms with van der Waals surface area (Å²) in [5.41, 5.74) is 5.16. The van der Waals surface area contributed by atoms with Gasteiger partial charge in [-0.1, -0.05) is 62.4 Å². The van der Waals surface area contributed by atoms with E-state index in [4.69, 9.17) is 9.90 Å². The minimum atomic E-state index is -0.993. The third-order valence-electron chi connectivity index (χ3n) is 4.26. The smallest absolute Gasteiger partial charge is 0.315 e. The molecule has 0 aromatic heterocycles. The minimum Gasteiger partial charge on any atom is -0.481 e. The van der Waals surface area contributed by atoms with Crippen LogP contribution in [0.15, 0.2) is 65.6 Å². The van der Waals surface area contributed by atoms with Crippen molar-refractivity contribution in [2.75, 3.05) is 19.0 Å². The summed E-state index contributed by atoms with van der Waals surface area (Å²) in [4.78, 5) is 30.9. The number of hydrogen-bond acceptors (Lipinski definition) is 5. The van der Waals surface area contributed by atoms with Gasteiger partial charge < -0.3 is 21.5 Å². The molecule has 1 atom stereocenters. The van der Waals surface area contributed by atoms with Crippen LogP contribution >= 0.6 is 11.8 Å². The van der Waals surface area contributed by atoms with Crippen LogP contribution in [0.2, 0.25) is 0 Å². The standard InChI is InChI=1S/C11H14N2O3.C11H15NOS2.C2H6.CH3NO/c14-10(15)6-7-12-11(16)13-8-9-4-2-1-3-5-9;1-11(2)8-12(9-14-11)15(13)10-6-4-3-5-7-10;1-2;2-1-3/h1-5H,6-8H2,(H,14,15)(H2,12,13,16);3-7H,8-9H2,1-2H3;1-2H3;1H,(H2,2,3). The molecule has 200 valence electrons. The highest BCUT2D eigenvalue weighted by Crippen LogP contribution is 2.34. The predicted molar refractivity (Wildman–Crippen MR) is 147 cm³/mol. The maximum atomic E-state index is 12.2. The number of primary amides is 1. The summed E-state index contributed by atoms with van der Waals surface area (Å²) >= 11 is 1.86. The van der Waals surface area contributed by atoms with Crippen molar-refractivity contribution in [1.82, 2.24) is 14.9 Å². The van der Waals surface area contributed by atoms with E-state index in [1.54, 1.807) is 0 Å². The zero-order chi connectivity index (χ0) is 27.4. The molecule has 9 nitrogen and oxygen atoms in total. The van der Waals surface area contributed by atoms with E-state index in [1.165, 1.54) is 0 Å². The number of nitrogens with zero attached hydrogens (tertiary/aromatic N) is 1. The summed E-state index contributed by atoms with van der Waals surface area (Å²) in [6, 6.07) is 18.8. The van der Waals surface area contributed by atoms with E-state index in [1.807, 2.05) is 90.6 Å². The topological polar surface area (TPSA) is 142 Å². The van der Waals surface area contributed by atoms with Crippen molar-refractivity contribution in [3.63, 3.8) is 0 Å². The van der Waals surface area contributed by atoms with Crippen molar-refractivity contribution in [3.05, 3.63) is 66.2 Å². The Labute approximate surface area is 220 Å². The van der Waals surface area contributed by atoms with Crippen LogP contribution in [0.5, 0.6) is 0 Å². The molecule has 0 spiro atoms. The Balaban J connectivity index is 0.000000578. The highest BCUT2D eigenvalue weighted by molar-refractivity contribution is 8.01. The Morgan fingerprint density at radius 3 is 2.08 bits per heavy atom. The van der Waals surface area contributed by atoms with Crippen molar-refractivity contribution in [1.29, 1.82) is 0 Å². The van der Waals surface area contributed by atoms with Crippen LogP contribution in [0.3, 0.4) is 0 Å². The zero-order valence-electron chi connectivity index (χ0n) is 21.3. The highest BCUT2D eigenvalue weighted by Gasteiger charge is 2.33. The van der Waals surface area contributed by atoms with Crippen molar-refractivity contribution < 1.29 is 23.7 Å². The summed E-state index contributed by atoms with van der Waals surface area (Å²) < 4.78 is 14.4. The molecular formula is C25H38N4O5S2. The molecule has 0 radical (unpaired) electrons. The lowest BCUT2D eigenvalue weighted by Gasteiger charge is -2.17. The van der Waals surface area contributed by atoms with Gasteiger partial charge in [0.1, 0.15) is 11.0 Å². The number of benzene rings is 2. The van der Waals surface area contributed by atoms with Crippen LogP contribution in [0, 0.1) is 0 Å². The monoisotopic (exact) mass is 538 g/mol. The largest absolute Gasteiger partial charge is 0.481 e. The number of nitrogens with two attached hydrogens (primary N) is 1. The van der Waals surface area contributed by atoms with E-state index in [0.29, 0.717) is 6.54 Å². The van der Waals surface area contributed by atoms with Gasteiger partial charge in [0.2, 0.25) is 6.41 Å². The number of aliphatic carboxylic acids is 1. The second-order valence-electron chi connectivity index (χ2n) is 7.61. The summed E-state index contributed by atoms with van der Waals surface area (Å²) in [6.07, 6.45) is 0.179. The number of urea groups is 1. The Morgan fingerprint density at radius 2 is 1.61 bits per heavy atom. The molecule has 3 amide bonds. The fourth-order valence-corrected chi connectivity index (χ4v) is 5.26. The van der Waals surface area contributed by atoms with Crippen molar-refractivity contribution in [2.24, 2.45) is 5.73 Å². The van der Waals surface area contributed by atoms with Gasteiger partial charge in [-0.05, 0) is 31.5 Å². The maximum absolute atomic E-state index is 12.2. The van der Waals surface area contributed by atoms with Crippen LogP contribution in [0.1, 0.15) is 39.7 Å². The molecule has 2 aromatic rings. The molecule has 1 heterocycles. The second kappa shape index (κ2) is 19.3. The fourth-order valence-electron chi connectivity index (χ4n) is 2.68. The van der Waals surface area contributed by atoms with E-state index in [0.717, 1.165) is 22.9 Å². The molecule has 1 unspecified atom stereocenters. The van der Waals surface area contributed by atoms with Gasteiger partial charge in [0.25, 0.3) is 0 Å². The number of carbonyl (C=O) groups is 3. The molecule has 2 aromatic carbocycles. The van der Waals surface area contributed by atoms with Gasteiger partial charge in [0.05, 0.1) is 17.2 Å². The van der Waals surface area contributed by atoms with Gasteiger partial charge in [-0.25, -0.2) is 13.3 Å². The number of carboxylic acids is 1. The molecule has 1 saturated heterocycles. The van der Waals surface area contributed by atoms with E-state index < -0.39 is 17.0 Å².